The molecule has 9 nitrogen and oxygen atoms in total. The lowest BCUT2D eigenvalue weighted by molar-refractivity contribution is 0.0698. The number of imidazole rings is 1. The summed E-state index contributed by atoms with van der Waals surface area (Å²) < 4.78 is 1.43. The quantitative estimate of drug-likeness (QED) is 0.386. The van der Waals surface area contributed by atoms with Crippen molar-refractivity contribution in [3.8, 4) is 11.1 Å². The zero-order valence-electron chi connectivity index (χ0n) is 16.7. The molecule has 4 aromatic rings. The molecule has 4 N–H and O–H groups in total. The number of aromatic carboxylic acids is 1. The van der Waals surface area contributed by atoms with Crippen LogP contribution in [0, 0.1) is 0 Å². The van der Waals surface area contributed by atoms with Crippen molar-refractivity contribution in [3.05, 3.63) is 93.9 Å². The fourth-order valence-corrected chi connectivity index (χ4v) is 3.96. The lowest BCUT2D eigenvalue weighted by Gasteiger charge is -2.14. The number of aromatic nitrogens is 2. The minimum absolute atomic E-state index is 0.0692. The predicted molar refractivity (Wildman–Crippen MR) is 116 cm³/mol. The van der Waals surface area contributed by atoms with E-state index in [1.54, 1.807) is 12.1 Å². The summed E-state index contributed by atoms with van der Waals surface area (Å²) in [7, 11) is 0. The summed E-state index contributed by atoms with van der Waals surface area (Å²) in [5, 5.41) is 12.2. The van der Waals surface area contributed by atoms with Crippen molar-refractivity contribution in [2.45, 2.75) is 12.7 Å². The van der Waals surface area contributed by atoms with E-state index in [1.165, 1.54) is 10.6 Å². The van der Waals surface area contributed by atoms with Gasteiger partial charge in [-0.3, -0.25) is 9.88 Å². The van der Waals surface area contributed by atoms with Crippen LogP contribution in [0.1, 0.15) is 27.7 Å². The monoisotopic (exact) mass is 430 g/mol. The molecular weight excluding hydrogens is 412 g/mol. The molecular formula is C23H18N4O5. The van der Waals surface area contributed by atoms with Crippen LogP contribution in [0.5, 0.6) is 0 Å². The van der Waals surface area contributed by atoms with Gasteiger partial charge in [-0.1, -0.05) is 54.6 Å². The zero-order valence-corrected chi connectivity index (χ0v) is 16.7. The van der Waals surface area contributed by atoms with Crippen LogP contribution in [0.3, 0.4) is 0 Å². The number of benzene rings is 3. The fourth-order valence-electron chi connectivity index (χ4n) is 3.96. The number of para-hydroxylation sites is 1. The molecule has 0 radical (unpaired) electrons. The fraction of sp³-hybridized carbons (Fsp3) is 0.0870. The molecule has 5 rings (SSSR count). The van der Waals surface area contributed by atoms with Gasteiger partial charge >= 0.3 is 17.8 Å². The predicted octanol–water partition coefficient (Wildman–Crippen LogP) is 2.99. The van der Waals surface area contributed by atoms with Crippen LogP contribution in [0.4, 0.5) is 4.79 Å². The van der Waals surface area contributed by atoms with Crippen molar-refractivity contribution in [3.63, 3.8) is 0 Å². The van der Waals surface area contributed by atoms with Crippen molar-refractivity contribution in [2.24, 2.45) is 0 Å². The Morgan fingerprint density at radius 3 is 2.50 bits per heavy atom. The molecule has 3 aromatic carbocycles. The number of fused-ring (bicyclic) bond motifs is 1. The van der Waals surface area contributed by atoms with Crippen LogP contribution in [0.25, 0.3) is 22.2 Å². The number of hydrogen-bond acceptors (Lipinski definition) is 5. The smallest absolute Gasteiger partial charge is 0.427 e. The minimum atomic E-state index is -1.09. The summed E-state index contributed by atoms with van der Waals surface area (Å²) in [4.78, 5) is 43.0. The van der Waals surface area contributed by atoms with E-state index in [4.69, 9.17) is 4.84 Å². The second kappa shape index (κ2) is 7.71. The Balaban J connectivity index is 1.48. The van der Waals surface area contributed by atoms with Gasteiger partial charge in [-0.05, 0) is 34.4 Å². The number of carboxylic acid groups (broad SMARTS) is 1. The van der Waals surface area contributed by atoms with E-state index >= 15 is 0 Å². The molecule has 0 spiro atoms. The van der Waals surface area contributed by atoms with Crippen molar-refractivity contribution in [2.75, 3.05) is 0 Å². The van der Waals surface area contributed by atoms with Gasteiger partial charge in [-0.25, -0.2) is 14.4 Å². The topological polar surface area (TPSA) is 125 Å². The van der Waals surface area contributed by atoms with E-state index in [0.717, 1.165) is 22.3 Å². The van der Waals surface area contributed by atoms with E-state index in [2.05, 4.69) is 15.8 Å². The number of H-pyrrole nitrogens is 1. The average molecular weight is 430 g/mol. The summed E-state index contributed by atoms with van der Waals surface area (Å²) in [6, 6.07) is 20.0. The number of carbonyl (C=O) groups is 2. The second-order valence-electron chi connectivity index (χ2n) is 7.39. The van der Waals surface area contributed by atoms with Gasteiger partial charge in [0.1, 0.15) is 6.17 Å². The number of nitrogens with zero attached hydrogens (tertiary/aromatic N) is 1. The van der Waals surface area contributed by atoms with Gasteiger partial charge in [0.25, 0.3) is 0 Å². The number of amides is 1. The summed E-state index contributed by atoms with van der Waals surface area (Å²) in [5.74, 6) is -1.09. The molecule has 0 bridgehead atoms. The molecule has 1 fully saturated rings. The summed E-state index contributed by atoms with van der Waals surface area (Å²) in [5.41, 5.74) is 6.73. The molecule has 9 heteroatoms. The molecule has 160 valence electrons. The average Bonchev–Trinajstić information content (AvgIpc) is 3.37. The standard InChI is InChI=1S/C23H18N4O5/c28-21(29)17-6-3-7-18-19(17)27(22(30)24-18)12-13-8-10-14(11-9-13)15-4-1-2-5-16(15)20-25-23(31)32-26-20/h1-11,20,26H,12H2,(H,24,30)(H,25,31)(H,28,29). The van der Waals surface area contributed by atoms with Gasteiger partial charge < -0.3 is 14.9 Å². The third-order valence-electron chi connectivity index (χ3n) is 5.43. The number of hydrogen-bond donors (Lipinski definition) is 4. The third kappa shape index (κ3) is 3.40. The molecule has 1 saturated heterocycles. The maximum absolute atomic E-state index is 12.5. The Hall–Kier alpha value is -4.37. The van der Waals surface area contributed by atoms with Crippen molar-refractivity contribution < 1.29 is 19.5 Å². The number of rotatable bonds is 5. The molecule has 1 aromatic heterocycles. The number of carboxylic acids is 1. The van der Waals surface area contributed by atoms with Gasteiger partial charge in [0.05, 0.1) is 23.1 Å². The first-order valence-electron chi connectivity index (χ1n) is 9.87. The molecule has 0 saturated carbocycles. The number of nitrogens with one attached hydrogen (secondary N) is 3. The van der Waals surface area contributed by atoms with Crippen molar-refractivity contribution >= 4 is 23.1 Å². The van der Waals surface area contributed by atoms with Crippen LogP contribution in [-0.2, 0) is 11.4 Å². The Morgan fingerprint density at radius 1 is 1.00 bits per heavy atom. The van der Waals surface area contributed by atoms with E-state index in [-0.39, 0.29) is 17.8 Å². The van der Waals surface area contributed by atoms with Gasteiger partial charge in [-0.2, -0.15) is 0 Å². The normalized spacial score (nSPS) is 15.5. The van der Waals surface area contributed by atoms with Crippen LogP contribution in [-0.4, -0.2) is 26.7 Å². The van der Waals surface area contributed by atoms with Crippen molar-refractivity contribution in [1.82, 2.24) is 20.3 Å². The second-order valence-corrected chi connectivity index (χ2v) is 7.39. The molecule has 1 aliphatic rings. The molecule has 1 amide bonds. The highest BCUT2D eigenvalue weighted by Gasteiger charge is 2.25. The Labute approximate surface area is 181 Å². The first-order valence-corrected chi connectivity index (χ1v) is 9.87. The van der Waals surface area contributed by atoms with Crippen LogP contribution >= 0.6 is 0 Å². The largest absolute Gasteiger partial charge is 0.478 e. The Kier molecular flexibility index (Phi) is 4.72. The van der Waals surface area contributed by atoms with E-state index in [0.29, 0.717) is 11.0 Å². The van der Waals surface area contributed by atoms with Gasteiger partial charge in [0.15, 0.2) is 0 Å². The zero-order chi connectivity index (χ0) is 22.2. The maximum atomic E-state index is 12.5. The molecule has 1 unspecified atom stereocenters. The first kappa shape index (κ1) is 19.6. The SMILES string of the molecule is O=C1NC(c2ccccc2-c2ccc(Cn3c(=O)[nH]c4cccc(C(=O)O)c43)cc2)NO1. The lowest BCUT2D eigenvalue weighted by atomic mass is 9.97. The molecule has 32 heavy (non-hydrogen) atoms. The Morgan fingerprint density at radius 2 is 1.78 bits per heavy atom. The lowest BCUT2D eigenvalue weighted by Crippen LogP contribution is -2.22. The highest BCUT2D eigenvalue weighted by molar-refractivity contribution is 6.01. The molecule has 1 aliphatic heterocycles. The number of hydroxylamine groups is 1. The van der Waals surface area contributed by atoms with Gasteiger partial charge in [0, 0.05) is 0 Å². The van der Waals surface area contributed by atoms with Crippen LogP contribution in [0.15, 0.2) is 71.5 Å². The highest BCUT2D eigenvalue weighted by atomic mass is 16.7. The molecule has 0 aliphatic carbocycles. The van der Waals surface area contributed by atoms with Crippen molar-refractivity contribution in [1.29, 1.82) is 0 Å². The third-order valence-corrected chi connectivity index (χ3v) is 5.43. The molecule has 2 heterocycles. The summed E-state index contributed by atoms with van der Waals surface area (Å²) >= 11 is 0. The summed E-state index contributed by atoms with van der Waals surface area (Å²) in [6.45, 7) is 0.221. The number of aromatic amines is 1. The van der Waals surface area contributed by atoms with Gasteiger partial charge in [-0.15, -0.1) is 5.48 Å². The Bertz CT molecular complexity index is 1400. The van der Waals surface area contributed by atoms with E-state index in [1.807, 2.05) is 48.5 Å². The molecule has 1 atom stereocenters. The number of carbonyl (C=O) groups excluding carboxylic acids is 1. The van der Waals surface area contributed by atoms with Crippen LogP contribution in [0.2, 0.25) is 0 Å². The summed E-state index contributed by atoms with van der Waals surface area (Å²) in [6.07, 6.45) is -0.998. The van der Waals surface area contributed by atoms with Gasteiger partial charge in [0.2, 0.25) is 0 Å². The highest BCUT2D eigenvalue weighted by Crippen LogP contribution is 2.29. The maximum Gasteiger partial charge on any atom is 0.427 e. The minimum Gasteiger partial charge on any atom is -0.478 e. The first-order chi connectivity index (χ1) is 15.5. The van der Waals surface area contributed by atoms with E-state index in [9.17, 15) is 19.5 Å². The van der Waals surface area contributed by atoms with Crippen LogP contribution < -0.4 is 16.5 Å². The van der Waals surface area contributed by atoms with E-state index < -0.39 is 18.2 Å².